The van der Waals surface area contributed by atoms with Crippen molar-refractivity contribution in [1.82, 2.24) is 4.31 Å². The van der Waals surface area contributed by atoms with Crippen LogP contribution in [0.15, 0.2) is 23.1 Å². The summed E-state index contributed by atoms with van der Waals surface area (Å²) in [5.74, 6) is 0. The summed E-state index contributed by atoms with van der Waals surface area (Å²) in [5.41, 5.74) is 0.00529. The molecule has 0 spiro atoms. The third-order valence-electron chi connectivity index (χ3n) is 4.19. The van der Waals surface area contributed by atoms with Gasteiger partial charge in [-0.25, -0.2) is 8.42 Å². The monoisotopic (exact) mass is 357 g/mol. The fourth-order valence-electron chi connectivity index (χ4n) is 2.83. The van der Waals surface area contributed by atoms with Crippen LogP contribution in [0.4, 0.5) is 11.4 Å². The quantitative estimate of drug-likeness (QED) is 0.612. The lowest BCUT2D eigenvalue weighted by Gasteiger charge is -2.21. The van der Waals surface area contributed by atoms with Crippen molar-refractivity contribution in [3.05, 3.63) is 28.3 Å². The number of likely N-dealkylation sites (N-methyl/N-ethyl adjacent to an activating group) is 1. The van der Waals surface area contributed by atoms with E-state index < -0.39 is 14.9 Å². The van der Waals surface area contributed by atoms with Crippen LogP contribution >= 0.6 is 0 Å². The fraction of sp³-hybridized carbons (Fsp3) is 0.600. The van der Waals surface area contributed by atoms with Crippen LogP contribution < -0.4 is 4.90 Å². The second-order valence-corrected chi connectivity index (χ2v) is 7.81. The van der Waals surface area contributed by atoms with Crippen LogP contribution in [-0.2, 0) is 10.0 Å². The molecule has 0 aliphatic carbocycles. The summed E-state index contributed by atoms with van der Waals surface area (Å²) in [5, 5.41) is 20.3. The molecule has 2 rings (SSSR count). The van der Waals surface area contributed by atoms with Crippen molar-refractivity contribution in [2.24, 2.45) is 0 Å². The number of aliphatic hydroxyl groups excluding tert-OH is 1. The van der Waals surface area contributed by atoms with Crippen LogP contribution in [0.1, 0.15) is 25.7 Å². The first kappa shape index (κ1) is 18.6. The van der Waals surface area contributed by atoms with Crippen LogP contribution in [0, 0.1) is 10.1 Å². The molecule has 0 aromatic heterocycles. The highest BCUT2D eigenvalue weighted by atomic mass is 32.2. The van der Waals surface area contributed by atoms with E-state index in [1.807, 2.05) is 0 Å². The first-order chi connectivity index (χ1) is 11.4. The number of anilines is 1. The molecule has 0 amide bonds. The van der Waals surface area contributed by atoms with Crippen molar-refractivity contribution < 1.29 is 18.4 Å². The van der Waals surface area contributed by atoms with Crippen molar-refractivity contribution in [2.45, 2.75) is 30.6 Å². The van der Waals surface area contributed by atoms with Gasteiger partial charge in [0.2, 0.25) is 10.0 Å². The summed E-state index contributed by atoms with van der Waals surface area (Å²) in [6, 6.07) is 3.94. The average Bonchev–Trinajstić information content (AvgIpc) is 2.84. The number of hydrogen-bond donors (Lipinski definition) is 1. The van der Waals surface area contributed by atoms with E-state index in [4.69, 9.17) is 5.11 Å². The number of rotatable bonds is 6. The van der Waals surface area contributed by atoms with Crippen molar-refractivity contribution in [2.75, 3.05) is 38.2 Å². The summed E-state index contributed by atoms with van der Waals surface area (Å²) < 4.78 is 27.0. The van der Waals surface area contributed by atoms with Gasteiger partial charge in [-0.2, -0.15) is 4.31 Å². The maximum Gasteiger partial charge on any atom is 0.293 e. The SMILES string of the molecule is CN(CCO)c1ccc(S(=O)(=O)N2CCCCCC2)cc1[N+](=O)[O-]. The van der Waals surface area contributed by atoms with Crippen molar-refractivity contribution in [3.8, 4) is 0 Å². The number of sulfonamides is 1. The van der Waals surface area contributed by atoms with Gasteiger partial charge < -0.3 is 10.0 Å². The number of nitro groups is 1. The molecule has 0 radical (unpaired) electrons. The lowest BCUT2D eigenvalue weighted by atomic mass is 10.2. The smallest absolute Gasteiger partial charge is 0.293 e. The number of nitrogens with zero attached hydrogens (tertiary/aromatic N) is 3. The largest absolute Gasteiger partial charge is 0.395 e. The van der Waals surface area contributed by atoms with Crippen LogP contribution in [0.2, 0.25) is 0 Å². The highest BCUT2D eigenvalue weighted by Gasteiger charge is 2.28. The van der Waals surface area contributed by atoms with Crippen molar-refractivity contribution >= 4 is 21.4 Å². The molecule has 1 aromatic rings. The molecule has 0 saturated carbocycles. The lowest BCUT2D eigenvalue weighted by molar-refractivity contribution is -0.384. The van der Waals surface area contributed by atoms with E-state index in [0.717, 1.165) is 31.7 Å². The Morgan fingerprint density at radius 3 is 2.42 bits per heavy atom. The Labute approximate surface area is 141 Å². The van der Waals surface area contributed by atoms with Gasteiger partial charge in [-0.3, -0.25) is 10.1 Å². The molecule has 0 atom stereocenters. The summed E-state index contributed by atoms with van der Waals surface area (Å²) in [6.07, 6.45) is 3.60. The third-order valence-corrected chi connectivity index (χ3v) is 6.09. The summed E-state index contributed by atoms with van der Waals surface area (Å²) in [7, 11) is -2.12. The average molecular weight is 357 g/mol. The third kappa shape index (κ3) is 4.03. The molecule has 8 nitrogen and oxygen atoms in total. The van der Waals surface area contributed by atoms with E-state index in [1.165, 1.54) is 21.3 Å². The van der Waals surface area contributed by atoms with Crippen molar-refractivity contribution in [3.63, 3.8) is 0 Å². The molecule has 1 heterocycles. The second kappa shape index (κ2) is 7.91. The van der Waals surface area contributed by atoms with Gasteiger partial charge in [0.05, 0.1) is 16.4 Å². The predicted octanol–water partition coefficient (Wildman–Crippen LogP) is 1.59. The zero-order valence-corrected chi connectivity index (χ0v) is 14.5. The molecule has 1 N–H and O–H groups in total. The van der Waals surface area contributed by atoms with Crippen LogP contribution in [0.25, 0.3) is 0 Å². The number of nitro benzene ring substituents is 1. The highest BCUT2D eigenvalue weighted by molar-refractivity contribution is 7.89. The fourth-order valence-corrected chi connectivity index (χ4v) is 4.37. The molecular formula is C15H23N3O5S. The molecule has 0 unspecified atom stereocenters. The molecule has 134 valence electrons. The van der Waals surface area contributed by atoms with Gasteiger partial charge >= 0.3 is 0 Å². The Kier molecular flexibility index (Phi) is 6.14. The second-order valence-electron chi connectivity index (χ2n) is 5.87. The Morgan fingerprint density at radius 2 is 1.88 bits per heavy atom. The molecule has 9 heteroatoms. The zero-order valence-electron chi connectivity index (χ0n) is 13.7. The molecule has 0 bridgehead atoms. The van der Waals surface area contributed by atoms with Gasteiger partial charge in [-0.1, -0.05) is 12.8 Å². The molecule has 1 fully saturated rings. The summed E-state index contributed by atoms with van der Waals surface area (Å²) >= 11 is 0. The van der Waals surface area contributed by atoms with E-state index >= 15 is 0 Å². The lowest BCUT2D eigenvalue weighted by Crippen LogP contribution is -2.32. The minimum Gasteiger partial charge on any atom is -0.395 e. The summed E-state index contributed by atoms with van der Waals surface area (Å²) in [6.45, 7) is 0.963. The number of aliphatic hydroxyl groups is 1. The topological polar surface area (TPSA) is 104 Å². The van der Waals surface area contributed by atoms with Gasteiger partial charge in [0, 0.05) is 32.7 Å². The van der Waals surface area contributed by atoms with Crippen LogP contribution in [0.3, 0.4) is 0 Å². The van der Waals surface area contributed by atoms with Gasteiger partial charge in [-0.05, 0) is 25.0 Å². The normalized spacial score (nSPS) is 16.6. The summed E-state index contributed by atoms with van der Waals surface area (Å²) in [4.78, 5) is 12.2. The molecule has 24 heavy (non-hydrogen) atoms. The highest BCUT2D eigenvalue weighted by Crippen LogP contribution is 2.31. The maximum atomic E-state index is 12.8. The molecule has 1 aromatic carbocycles. The number of hydrogen-bond acceptors (Lipinski definition) is 6. The van der Waals surface area contributed by atoms with E-state index in [1.54, 1.807) is 7.05 Å². The Hall–Kier alpha value is -1.71. The van der Waals surface area contributed by atoms with Crippen LogP contribution in [-0.4, -0.2) is 56.0 Å². The molecule has 1 saturated heterocycles. The van der Waals surface area contributed by atoms with Gasteiger partial charge in [0.15, 0.2) is 0 Å². The Morgan fingerprint density at radius 1 is 1.25 bits per heavy atom. The minimum atomic E-state index is -3.74. The van der Waals surface area contributed by atoms with E-state index in [-0.39, 0.29) is 29.4 Å². The first-order valence-electron chi connectivity index (χ1n) is 7.98. The zero-order chi connectivity index (χ0) is 17.7. The molecule has 1 aliphatic rings. The Bertz CT molecular complexity index is 684. The van der Waals surface area contributed by atoms with Gasteiger partial charge in [-0.15, -0.1) is 0 Å². The maximum absolute atomic E-state index is 12.8. The minimum absolute atomic E-state index is 0.0581. The van der Waals surface area contributed by atoms with Gasteiger partial charge in [0.1, 0.15) is 5.69 Å². The standard InChI is InChI=1S/C15H23N3O5S/c1-16(10-11-19)14-7-6-13(12-15(14)18(20)21)24(22,23)17-8-4-2-3-5-9-17/h6-7,12,19H,2-5,8-11H2,1H3. The van der Waals surface area contributed by atoms with Crippen molar-refractivity contribution in [1.29, 1.82) is 0 Å². The molecule has 1 aliphatic heterocycles. The first-order valence-corrected chi connectivity index (χ1v) is 9.42. The van der Waals surface area contributed by atoms with E-state index in [0.29, 0.717) is 13.1 Å². The van der Waals surface area contributed by atoms with E-state index in [2.05, 4.69) is 0 Å². The Balaban J connectivity index is 2.40. The predicted molar refractivity (Wildman–Crippen MR) is 90.7 cm³/mol. The van der Waals surface area contributed by atoms with E-state index in [9.17, 15) is 18.5 Å². The van der Waals surface area contributed by atoms with Crippen LogP contribution in [0.5, 0.6) is 0 Å². The molecular weight excluding hydrogens is 334 g/mol. The van der Waals surface area contributed by atoms with Gasteiger partial charge in [0.25, 0.3) is 5.69 Å². The number of benzene rings is 1.